The Morgan fingerprint density at radius 2 is 2.19 bits per heavy atom. The van der Waals surface area contributed by atoms with E-state index in [0.717, 1.165) is 17.7 Å². The summed E-state index contributed by atoms with van der Waals surface area (Å²) in [7, 11) is 3.79. The lowest BCUT2D eigenvalue weighted by Gasteiger charge is -2.35. The Bertz CT molecular complexity index is 1260. The summed E-state index contributed by atoms with van der Waals surface area (Å²) in [6.07, 6.45) is 12.3. The SMILES string of the molecule is CC\C=C/C=C(F)\C(C)=C\C(=N)C1c2nc[nH]c2CCN1C(=O)/C(OCc1cnn(C)c1)=C(/C)C(F)P. The Balaban J connectivity index is 1.95. The molecule has 1 amide bonds. The summed E-state index contributed by atoms with van der Waals surface area (Å²) in [5.41, 5.74) is 2.34. The van der Waals surface area contributed by atoms with Gasteiger partial charge in [-0.25, -0.2) is 13.8 Å². The molecule has 11 heteroatoms. The van der Waals surface area contributed by atoms with E-state index in [1.165, 1.54) is 30.3 Å². The zero-order valence-corrected chi connectivity index (χ0v) is 22.6. The Hall–Kier alpha value is -3.39. The first-order chi connectivity index (χ1) is 17.6. The molecule has 0 saturated heterocycles. The molecule has 2 aromatic rings. The monoisotopic (exact) mass is 530 g/mol. The molecule has 0 saturated carbocycles. The van der Waals surface area contributed by atoms with Gasteiger partial charge < -0.3 is 20.0 Å². The first kappa shape index (κ1) is 28.2. The third kappa shape index (κ3) is 6.89. The highest BCUT2D eigenvalue weighted by molar-refractivity contribution is 7.17. The molecule has 37 heavy (non-hydrogen) atoms. The van der Waals surface area contributed by atoms with E-state index in [4.69, 9.17) is 10.1 Å². The highest BCUT2D eigenvalue weighted by Crippen LogP contribution is 2.32. The number of carbonyl (C=O) groups excluding carboxylic acids is 1. The number of aromatic amines is 1. The molecule has 3 atom stereocenters. The van der Waals surface area contributed by atoms with E-state index in [1.807, 2.05) is 22.2 Å². The fourth-order valence-corrected chi connectivity index (χ4v) is 4.06. The maximum Gasteiger partial charge on any atom is 0.289 e. The Kier molecular flexibility index (Phi) is 9.69. The van der Waals surface area contributed by atoms with Crippen molar-refractivity contribution in [3.8, 4) is 0 Å². The zero-order valence-electron chi connectivity index (χ0n) is 21.5. The summed E-state index contributed by atoms with van der Waals surface area (Å²) in [5.74, 6) is -2.69. The van der Waals surface area contributed by atoms with Crippen LogP contribution in [0.5, 0.6) is 0 Å². The lowest BCUT2D eigenvalue weighted by Crippen LogP contribution is -2.44. The molecule has 2 N–H and O–H groups in total. The van der Waals surface area contributed by atoms with Crippen LogP contribution in [0.25, 0.3) is 0 Å². The van der Waals surface area contributed by atoms with E-state index in [-0.39, 0.29) is 35.8 Å². The number of ether oxygens (including phenoxy) is 1. The normalized spacial score (nSPS) is 18.0. The van der Waals surface area contributed by atoms with Crippen molar-refractivity contribution in [1.82, 2.24) is 24.6 Å². The van der Waals surface area contributed by atoms with Crippen molar-refractivity contribution < 1.29 is 18.3 Å². The van der Waals surface area contributed by atoms with Crippen LogP contribution < -0.4 is 0 Å². The summed E-state index contributed by atoms with van der Waals surface area (Å²) >= 11 is 0. The summed E-state index contributed by atoms with van der Waals surface area (Å²) in [6.45, 7) is 5.27. The van der Waals surface area contributed by atoms with Crippen molar-refractivity contribution in [2.24, 2.45) is 7.05 Å². The van der Waals surface area contributed by atoms with Crippen LogP contribution in [0.3, 0.4) is 0 Å². The number of rotatable bonds is 10. The number of amides is 1. The second-order valence-electron chi connectivity index (χ2n) is 8.78. The number of H-pyrrole nitrogens is 1. The molecule has 198 valence electrons. The summed E-state index contributed by atoms with van der Waals surface area (Å²) < 4.78 is 36.4. The molecule has 0 radical (unpaired) electrons. The number of imidazole rings is 1. The summed E-state index contributed by atoms with van der Waals surface area (Å²) in [6, 6.07) is -0.899. The van der Waals surface area contributed by atoms with Gasteiger partial charge in [-0.2, -0.15) is 5.10 Å². The van der Waals surface area contributed by atoms with Crippen LogP contribution in [0.4, 0.5) is 8.78 Å². The summed E-state index contributed by atoms with van der Waals surface area (Å²) in [4.78, 5) is 22.7. The number of halogens is 2. The molecule has 0 bridgehead atoms. The smallest absolute Gasteiger partial charge is 0.289 e. The number of aromatic nitrogens is 4. The van der Waals surface area contributed by atoms with E-state index in [2.05, 4.69) is 15.1 Å². The predicted molar refractivity (Wildman–Crippen MR) is 142 cm³/mol. The molecule has 0 aliphatic carbocycles. The second kappa shape index (κ2) is 12.7. The van der Waals surface area contributed by atoms with Crippen LogP contribution in [0.15, 0.2) is 65.8 Å². The molecule has 1 aliphatic heterocycles. The lowest BCUT2D eigenvalue weighted by atomic mass is 9.96. The maximum absolute atomic E-state index is 14.6. The van der Waals surface area contributed by atoms with Gasteiger partial charge in [0.2, 0.25) is 0 Å². The first-order valence-corrected chi connectivity index (χ1v) is 12.6. The van der Waals surface area contributed by atoms with E-state index in [1.54, 1.807) is 37.1 Å². The summed E-state index contributed by atoms with van der Waals surface area (Å²) in [5, 5.41) is 12.9. The molecule has 3 rings (SSSR count). The molecule has 0 aromatic carbocycles. The first-order valence-electron chi connectivity index (χ1n) is 12.0. The van der Waals surface area contributed by atoms with Crippen molar-refractivity contribution >= 4 is 20.9 Å². The number of carbonyl (C=O) groups is 1. The largest absolute Gasteiger partial charge is 0.483 e. The highest BCUT2D eigenvalue weighted by Gasteiger charge is 2.38. The van der Waals surface area contributed by atoms with Gasteiger partial charge in [-0.3, -0.25) is 9.48 Å². The minimum absolute atomic E-state index is 0.0196. The maximum atomic E-state index is 14.6. The number of hydrogen-bond donors (Lipinski definition) is 2. The number of nitrogens with zero attached hydrogens (tertiary/aromatic N) is 4. The van der Waals surface area contributed by atoms with Crippen molar-refractivity contribution in [2.45, 2.75) is 52.2 Å². The van der Waals surface area contributed by atoms with Crippen LogP contribution in [-0.4, -0.2) is 48.7 Å². The van der Waals surface area contributed by atoms with Crippen molar-refractivity contribution in [2.75, 3.05) is 6.54 Å². The molecule has 8 nitrogen and oxygen atoms in total. The minimum atomic E-state index is -1.51. The third-order valence-corrected chi connectivity index (χ3v) is 6.45. The van der Waals surface area contributed by atoms with Gasteiger partial charge in [0.05, 0.1) is 23.9 Å². The molecular weight excluding hydrogens is 497 g/mol. The molecule has 3 heterocycles. The Labute approximate surface area is 217 Å². The lowest BCUT2D eigenvalue weighted by molar-refractivity contribution is -0.133. The molecular formula is C26H33F2N6O2P. The van der Waals surface area contributed by atoms with Crippen molar-refractivity contribution in [3.63, 3.8) is 0 Å². The molecule has 3 unspecified atom stereocenters. The number of aryl methyl sites for hydroxylation is 1. The topological polar surface area (TPSA) is 99.9 Å². The average Bonchev–Trinajstić information content (AvgIpc) is 3.51. The zero-order chi connectivity index (χ0) is 27.1. The quantitative estimate of drug-likeness (QED) is 0.148. The van der Waals surface area contributed by atoms with Crippen LogP contribution in [-0.2, 0) is 29.6 Å². The fraction of sp³-hybridized carbons (Fsp3) is 0.385. The second-order valence-corrected chi connectivity index (χ2v) is 9.36. The van der Waals surface area contributed by atoms with Gasteiger partial charge in [-0.15, -0.1) is 0 Å². The van der Waals surface area contributed by atoms with E-state index in [0.29, 0.717) is 12.1 Å². The predicted octanol–water partition coefficient (Wildman–Crippen LogP) is 5.02. The van der Waals surface area contributed by atoms with Crippen LogP contribution in [0, 0.1) is 5.41 Å². The van der Waals surface area contributed by atoms with Crippen molar-refractivity contribution in [3.05, 3.63) is 82.7 Å². The van der Waals surface area contributed by atoms with Gasteiger partial charge in [0, 0.05) is 43.0 Å². The number of fused-ring (bicyclic) bond motifs is 1. The van der Waals surface area contributed by atoms with Gasteiger partial charge >= 0.3 is 0 Å². The number of hydrogen-bond acceptors (Lipinski definition) is 5. The Morgan fingerprint density at radius 1 is 1.43 bits per heavy atom. The van der Waals surface area contributed by atoms with Crippen LogP contribution in [0.1, 0.15) is 50.2 Å². The number of nitrogens with one attached hydrogen (secondary N) is 2. The average molecular weight is 531 g/mol. The molecule has 2 aromatic heterocycles. The van der Waals surface area contributed by atoms with E-state index < -0.39 is 23.7 Å². The van der Waals surface area contributed by atoms with Crippen LogP contribution in [0.2, 0.25) is 0 Å². The number of allylic oxidation sites excluding steroid dienone is 6. The number of alkyl halides is 1. The highest BCUT2D eigenvalue weighted by atomic mass is 31.0. The van der Waals surface area contributed by atoms with Gasteiger partial charge in [0.15, 0.2) is 5.76 Å². The van der Waals surface area contributed by atoms with Gasteiger partial charge in [-0.1, -0.05) is 28.3 Å². The van der Waals surface area contributed by atoms with E-state index >= 15 is 0 Å². The minimum Gasteiger partial charge on any atom is -0.483 e. The standard InChI is InChI=1S/C26H33F2N6O2P/c1-5-6-7-8-19(27)16(2)11-20(29)23-22-21(30-15-31-22)9-10-34(23)26(35)24(17(3)25(28)37)36-14-18-12-32-33(4)13-18/h6-8,11-13,15,23,25,29H,5,9-10,14,37H2,1-4H3,(H,30,31)/b7-6-,16-11+,19-8+,24-17+,29-20?. The Morgan fingerprint density at radius 3 is 2.84 bits per heavy atom. The van der Waals surface area contributed by atoms with Gasteiger partial charge in [0.1, 0.15) is 24.4 Å². The fourth-order valence-electron chi connectivity index (χ4n) is 3.91. The molecule has 1 aliphatic rings. The molecule has 0 fully saturated rings. The van der Waals surface area contributed by atoms with E-state index in [9.17, 15) is 13.6 Å². The molecule has 0 spiro atoms. The van der Waals surface area contributed by atoms with Crippen molar-refractivity contribution in [1.29, 1.82) is 5.41 Å². The third-order valence-electron chi connectivity index (χ3n) is 5.95. The van der Waals surface area contributed by atoms with Gasteiger partial charge in [-0.05, 0) is 38.0 Å². The van der Waals surface area contributed by atoms with Crippen LogP contribution >= 0.6 is 9.24 Å². The van der Waals surface area contributed by atoms with Gasteiger partial charge in [0.25, 0.3) is 5.91 Å².